The van der Waals surface area contributed by atoms with Crippen molar-refractivity contribution in [2.75, 3.05) is 6.54 Å². The first-order valence-corrected chi connectivity index (χ1v) is 6.10. The maximum atomic E-state index is 3.55. The van der Waals surface area contributed by atoms with Gasteiger partial charge in [-0.25, -0.2) is 0 Å². The number of benzene rings is 1. The van der Waals surface area contributed by atoms with Gasteiger partial charge in [0.25, 0.3) is 0 Å². The summed E-state index contributed by atoms with van der Waals surface area (Å²) < 4.78 is 2.20. The molecule has 0 amide bonds. The van der Waals surface area contributed by atoms with Crippen LogP contribution in [0.5, 0.6) is 0 Å². The first kappa shape index (κ1) is 9.91. The Kier molecular flexibility index (Phi) is 2.44. The fourth-order valence-corrected chi connectivity index (χ4v) is 2.65. The van der Waals surface area contributed by atoms with Crippen molar-refractivity contribution in [2.24, 2.45) is 7.05 Å². The van der Waals surface area contributed by atoms with Gasteiger partial charge in [-0.2, -0.15) is 0 Å². The van der Waals surface area contributed by atoms with E-state index in [9.17, 15) is 0 Å². The molecule has 3 rings (SSSR count). The first-order valence-electron chi connectivity index (χ1n) is 6.10. The van der Waals surface area contributed by atoms with E-state index < -0.39 is 0 Å². The third kappa shape index (κ3) is 1.74. The lowest BCUT2D eigenvalue weighted by Crippen LogP contribution is -2.23. The Morgan fingerprint density at radius 1 is 1.38 bits per heavy atom. The van der Waals surface area contributed by atoms with Gasteiger partial charge < -0.3 is 9.88 Å². The minimum atomic E-state index is 0.692. The molecule has 1 fully saturated rings. The quantitative estimate of drug-likeness (QED) is 0.812. The summed E-state index contributed by atoms with van der Waals surface area (Å²) in [6.45, 7) is 1.19. The Labute approximate surface area is 96.3 Å². The van der Waals surface area contributed by atoms with Crippen LogP contribution in [0.3, 0.4) is 0 Å². The number of nitrogens with zero attached hydrogens (tertiary/aromatic N) is 1. The number of fused-ring (bicyclic) bond motifs is 1. The lowest BCUT2D eigenvalue weighted by molar-refractivity contribution is 0.603. The van der Waals surface area contributed by atoms with Gasteiger partial charge in [-0.05, 0) is 48.9 Å². The molecule has 2 aromatic rings. The van der Waals surface area contributed by atoms with Crippen LogP contribution in [0, 0.1) is 0 Å². The Hall–Kier alpha value is -1.28. The minimum Gasteiger partial charge on any atom is -0.351 e. The van der Waals surface area contributed by atoms with E-state index in [0.29, 0.717) is 6.04 Å². The van der Waals surface area contributed by atoms with E-state index in [-0.39, 0.29) is 0 Å². The highest BCUT2D eigenvalue weighted by Gasteiger charge is 2.14. The van der Waals surface area contributed by atoms with Crippen LogP contribution in [0.4, 0.5) is 0 Å². The summed E-state index contributed by atoms with van der Waals surface area (Å²) in [5.74, 6) is 0. The molecule has 0 spiro atoms. The van der Waals surface area contributed by atoms with Crippen LogP contribution in [0.2, 0.25) is 0 Å². The highest BCUT2D eigenvalue weighted by Crippen LogP contribution is 2.19. The summed E-state index contributed by atoms with van der Waals surface area (Å²) >= 11 is 0. The van der Waals surface area contributed by atoms with E-state index in [4.69, 9.17) is 0 Å². The zero-order chi connectivity index (χ0) is 11.0. The van der Waals surface area contributed by atoms with Gasteiger partial charge in [0.15, 0.2) is 0 Å². The Morgan fingerprint density at radius 3 is 3.12 bits per heavy atom. The molecular weight excluding hydrogens is 196 g/mol. The second kappa shape index (κ2) is 3.95. The SMILES string of the molecule is Cn1ccc2ccc(CC3CCCN3)cc21. The highest BCUT2D eigenvalue weighted by molar-refractivity contribution is 5.80. The van der Waals surface area contributed by atoms with Gasteiger partial charge in [0.1, 0.15) is 0 Å². The van der Waals surface area contributed by atoms with E-state index in [1.165, 1.54) is 42.3 Å². The van der Waals surface area contributed by atoms with Crippen molar-refractivity contribution in [3.05, 3.63) is 36.0 Å². The highest BCUT2D eigenvalue weighted by atomic mass is 14.9. The van der Waals surface area contributed by atoms with Crippen molar-refractivity contribution in [3.63, 3.8) is 0 Å². The Bertz CT molecular complexity index is 492. The second-order valence-corrected chi connectivity index (χ2v) is 4.82. The standard InChI is InChI=1S/C14H18N2/c1-16-8-6-12-5-4-11(10-14(12)16)9-13-3-2-7-15-13/h4-6,8,10,13,15H,2-3,7,9H2,1H3. The summed E-state index contributed by atoms with van der Waals surface area (Å²) in [6.07, 6.45) is 5.95. The van der Waals surface area contributed by atoms with Gasteiger partial charge in [-0.15, -0.1) is 0 Å². The van der Waals surface area contributed by atoms with Crippen molar-refractivity contribution < 1.29 is 0 Å². The summed E-state index contributed by atoms with van der Waals surface area (Å²) in [5.41, 5.74) is 2.80. The molecule has 1 unspecified atom stereocenters. The van der Waals surface area contributed by atoms with E-state index in [1.54, 1.807) is 0 Å². The van der Waals surface area contributed by atoms with Gasteiger partial charge >= 0.3 is 0 Å². The number of aromatic nitrogens is 1. The van der Waals surface area contributed by atoms with E-state index in [0.717, 1.165) is 0 Å². The molecule has 1 aliphatic rings. The maximum Gasteiger partial charge on any atom is 0.0480 e. The zero-order valence-corrected chi connectivity index (χ0v) is 9.74. The van der Waals surface area contributed by atoms with Crippen LogP contribution in [-0.4, -0.2) is 17.2 Å². The smallest absolute Gasteiger partial charge is 0.0480 e. The average Bonchev–Trinajstić information content (AvgIpc) is 2.90. The van der Waals surface area contributed by atoms with Crippen LogP contribution in [0.15, 0.2) is 30.5 Å². The molecule has 1 saturated heterocycles. The van der Waals surface area contributed by atoms with Gasteiger partial charge in [0.2, 0.25) is 0 Å². The minimum absolute atomic E-state index is 0.692. The molecule has 1 aromatic carbocycles. The molecular formula is C14H18N2. The van der Waals surface area contributed by atoms with Gasteiger partial charge in [0.05, 0.1) is 0 Å². The molecule has 1 N–H and O–H groups in total. The predicted octanol–water partition coefficient (Wildman–Crippen LogP) is 2.47. The largest absolute Gasteiger partial charge is 0.351 e. The Balaban J connectivity index is 1.88. The molecule has 1 atom stereocenters. The average molecular weight is 214 g/mol. The molecule has 0 radical (unpaired) electrons. The van der Waals surface area contributed by atoms with Gasteiger partial charge in [0, 0.05) is 24.8 Å². The number of hydrogen-bond acceptors (Lipinski definition) is 1. The fraction of sp³-hybridized carbons (Fsp3) is 0.429. The molecule has 2 nitrogen and oxygen atoms in total. The summed E-state index contributed by atoms with van der Waals surface area (Å²) in [7, 11) is 2.11. The number of nitrogens with one attached hydrogen (secondary N) is 1. The molecule has 0 bridgehead atoms. The van der Waals surface area contributed by atoms with Crippen molar-refractivity contribution in [1.29, 1.82) is 0 Å². The van der Waals surface area contributed by atoms with Crippen molar-refractivity contribution in [3.8, 4) is 0 Å². The van der Waals surface area contributed by atoms with Crippen LogP contribution in [0.25, 0.3) is 10.9 Å². The third-order valence-electron chi connectivity index (χ3n) is 3.60. The van der Waals surface area contributed by atoms with Crippen LogP contribution < -0.4 is 5.32 Å². The molecule has 2 heteroatoms. The molecule has 1 aromatic heterocycles. The molecule has 16 heavy (non-hydrogen) atoms. The zero-order valence-electron chi connectivity index (χ0n) is 9.74. The van der Waals surface area contributed by atoms with Crippen molar-refractivity contribution in [2.45, 2.75) is 25.3 Å². The Morgan fingerprint density at radius 2 is 2.31 bits per heavy atom. The lowest BCUT2D eigenvalue weighted by Gasteiger charge is -2.10. The molecule has 0 saturated carbocycles. The molecule has 2 heterocycles. The van der Waals surface area contributed by atoms with Crippen molar-refractivity contribution >= 4 is 10.9 Å². The van der Waals surface area contributed by atoms with Crippen LogP contribution in [0.1, 0.15) is 18.4 Å². The number of rotatable bonds is 2. The first-order chi connectivity index (χ1) is 7.83. The normalized spacial score (nSPS) is 20.7. The predicted molar refractivity (Wildman–Crippen MR) is 67.6 cm³/mol. The van der Waals surface area contributed by atoms with E-state index >= 15 is 0 Å². The molecule has 1 aliphatic heterocycles. The van der Waals surface area contributed by atoms with E-state index in [1.807, 2.05) is 0 Å². The fourth-order valence-electron chi connectivity index (χ4n) is 2.65. The summed E-state index contributed by atoms with van der Waals surface area (Å²) in [4.78, 5) is 0. The summed E-state index contributed by atoms with van der Waals surface area (Å²) in [6, 6.07) is 9.70. The lowest BCUT2D eigenvalue weighted by atomic mass is 10.0. The van der Waals surface area contributed by atoms with Gasteiger partial charge in [-0.1, -0.05) is 12.1 Å². The topological polar surface area (TPSA) is 17.0 Å². The second-order valence-electron chi connectivity index (χ2n) is 4.82. The van der Waals surface area contributed by atoms with Crippen molar-refractivity contribution in [1.82, 2.24) is 9.88 Å². The molecule has 84 valence electrons. The van der Waals surface area contributed by atoms with E-state index in [2.05, 4.69) is 47.4 Å². The number of aryl methyl sites for hydroxylation is 1. The molecule has 0 aliphatic carbocycles. The van der Waals surface area contributed by atoms with Gasteiger partial charge in [-0.3, -0.25) is 0 Å². The van der Waals surface area contributed by atoms with Crippen LogP contribution in [-0.2, 0) is 13.5 Å². The third-order valence-corrected chi connectivity index (χ3v) is 3.60. The monoisotopic (exact) mass is 214 g/mol. The number of hydrogen-bond donors (Lipinski definition) is 1. The maximum absolute atomic E-state index is 3.55. The van der Waals surface area contributed by atoms with Crippen LogP contribution >= 0.6 is 0 Å². The summed E-state index contributed by atoms with van der Waals surface area (Å²) in [5, 5.41) is 4.89.